The van der Waals surface area contributed by atoms with Crippen LogP contribution in [0.3, 0.4) is 0 Å². The zero-order valence-electron chi connectivity index (χ0n) is 3.97. The maximum absolute atomic E-state index is 11.3. The summed E-state index contributed by atoms with van der Waals surface area (Å²) in [5.41, 5.74) is 0. The molecule has 3 heteroatoms. The van der Waals surface area contributed by atoms with Gasteiger partial charge >= 0.3 is 0 Å². The molecule has 0 heterocycles. The minimum Gasteiger partial charge on any atom is -0.396 e. The van der Waals surface area contributed by atoms with Crippen LogP contribution < -0.4 is 0 Å². The molecule has 0 saturated carbocycles. The molecule has 1 unspecified atom stereocenters. The van der Waals surface area contributed by atoms with E-state index in [0.29, 0.717) is 6.42 Å². The van der Waals surface area contributed by atoms with Crippen molar-refractivity contribution in [2.45, 2.75) is 19.2 Å². The molecule has 0 spiro atoms. The first-order valence-corrected chi connectivity index (χ1v) is 2.20. The minimum atomic E-state index is -1.76. The van der Waals surface area contributed by atoms with Crippen molar-refractivity contribution in [3.05, 3.63) is 0 Å². The van der Waals surface area contributed by atoms with Gasteiger partial charge in [0.05, 0.1) is 0 Å². The van der Waals surface area contributed by atoms with Crippen LogP contribution in [0.15, 0.2) is 0 Å². The van der Waals surface area contributed by atoms with Crippen LogP contribution in [0.25, 0.3) is 0 Å². The van der Waals surface area contributed by atoms with Gasteiger partial charge in [0.1, 0.15) is 0 Å². The molecule has 0 rings (SSSR count). The lowest BCUT2D eigenvalue weighted by atomic mass is 10.3. The van der Waals surface area contributed by atoms with E-state index >= 15 is 0 Å². The lowest BCUT2D eigenvalue weighted by Crippen LogP contribution is -1.97. The van der Waals surface area contributed by atoms with E-state index in [0.717, 1.165) is 0 Å². The van der Waals surface area contributed by atoms with Gasteiger partial charge in [-0.25, -0.2) is 4.39 Å². The molecule has 0 saturated heterocycles. The average molecular weight is 108 g/mol. The van der Waals surface area contributed by atoms with Gasteiger partial charge in [0.2, 0.25) is 0 Å². The summed E-state index contributed by atoms with van der Waals surface area (Å²) in [7, 11) is 0. The molecule has 44 valence electrons. The van der Waals surface area contributed by atoms with E-state index in [1.54, 1.807) is 0 Å². The van der Waals surface area contributed by atoms with E-state index in [-0.39, 0.29) is 13.0 Å². The highest BCUT2D eigenvalue weighted by atomic mass is 19.1. The Morgan fingerprint density at radius 1 is 1.57 bits per heavy atom. The van der Waals surface area contributed by atoms with Crippen LogP contribution in [0.4, 0.5) is 4.39 Å². The topological polar surface area (TPSA) is 40.5 Å². The highest BCUT2D eigenvalue weighted by Gasteiger charge is 1.95. The summed E-state index contributed by atoms with van der Waals surface area (Å²) in [6.45, 7) is -0.0546. The average Bonchev–Trinajstić information content (AvgIpc) is 1.61. The summed E-state index contributed by atoms with van der Waals surface area (Å²) >= 11 is 0. The van der Waals surface area contributed by atoms with Gasteiger partial charge in [0, 0.05) is 13.0 Å². The van der Waals surface area contributed by atoms with Crippen molar-refractivity contribution in [1.29, 1.82) is 0 Å². The molecule has 0 bridgehead atoms. The van der Waals surface area contributed by atoms with Gasteiger partial charge in [-0.2, -0.15) is 0 Å². The van der Waals surface area contributed by atoms with Gasteiger partial charge in [0.25, 0.3) is 0 Å². The van der Waals surface area contributed by atoms with Crippen LogP contribution in [-0.2, 0) is 0 Å². The highest BCUT2D eigenvalue weighted by Crippen LogP contribution is 1.94. The van der Waals surface area contributed by atoms with Gasteiger partial charge in [-0.3, -0.25) is 0 Å². The summed E-state index contributed by atoms with van der Waals surface area (Å²) in [5.74, 6) is 0. The van der Waals surface area contributed by atoms with E-state index in [4.69, 9.17) is 10.2 Å². The van der Waals surface area contributed by atoms with E-state index in [1.165, 1.54) is 0 Å². The largest absolute Gasteiger partial charge is 0.396 e. The number of alkyl halides is 1. The third-order valence-electron chi connectivity index (χ3n) is 0.600. The molecule has 0 radical (unpaired) electrons. The zero-order chi connectivity index (χ0) is 5.70. The fourth-order valence-electron chi connectivity index (χ4n) is 0.260. The molecule has 0 amide bonds. The summed E-state index contributed by atoms with van der Waals surface area (Å²) in [6.07, 6.45) is -1.39. The molecule has 0 aromatic carbocycles. The maximum Gasteiger partial charge on any atom is 0.196 e. The van der Waals surface area contributed by atoms with Crippen LogP contribution in [0.5, 0.6) is 0 Å². The number of aliphatic hydroxyl groups excluding tert-OH is 2. The van der Waals surface area contributed by atoms with Gasteiger partial charge in [-0.1, -0.05) is 0 Å². The lowest BCUT2D eigenvalue weighted by molar-refractivity contribution is 0.0287. The van der Waals surface area contributed by atoms with Crippen LogP contribution in [-0.4, -0.2) is 23.2 Å². The van der Waals surface area contributed by atoms with Gasteiger partial charge in [-0.05, 0) is 6.42 Å². The summed E-state index contributed by atoms with van der Waals surface area (Å²) in [5, 5.41) is 15.9. The van der Waals surface area contributed by atoms with Crippen LogP contribution in [0.2, 0.25) is 0 Å². The predicted octanol–water partition coefficient (Wildman–Crippen LogP) is 0.0468. The molecule has 0 aliphatic carbocycles. The lowest BCUT2D eigenvalue weighted by Gasteiger charge is -1.94. The first-order valence-electron chi connectivity index (χ1n) is 2.20. The highest BCUT2D eigenvalue weighted by molar-refractivity contribution is 4.37. The van der Waals surface area contributed by atoms with Crippen molar-refractivity contribution in [2.24, 2.45) is 0 Å². The Hall–Kier alpha value is -0.150. The van der Waals surface area contributed by atoms with Crippen molar-refractivity contribution >= 4 is 0 Å². The minimum absolute atomic E-state index is 0.0382. The quantitative estimate of drug-likeness (QED) is 0.536. The summed E-state index contributed by atoms with van der Waals surface area (Å²) in [4.78, 5) is 0. The fraction of sp³-hybridized carbons (Fsp3) is 1.00. The number of aliphatic hydroxyl groups is 2. The fourth-order valence-corrected chi connectivity index (χ4v) is 0.260. The monoisotopic (exact) mass is 108 g/mol. The van der Waals surface area contributed by atoms with Crippen LogP contribution >= 0.6 is 0 Å². The number of rotatable bonds is 3. The summed E-state index contributed by atoms with van der Waals surface area (Å²) in [6, 6.07) is 0. The van der Waals surface area contributed by atoms with Gasteiger partial charge < -0.3 is 10.2 Å². The maximum atomic E-state index is 11.3. The Kier molecular flexibility index (Phi) is 3.93. The smallest absolute Gasteiger partial charge is 0.196 e. The Labute approximate surface area is 41.6 Å². The first-order chi connectivity index (χ1) is 3.27. The van der Waals surface area contributed by atoms with E-state index in [1.807, 2.05) is 0 Å². The second-order valence-corrected chi connectivity index (χ2v) is 1.30. The summed E-state index contributed by atoms with van der Waals surface area (Å²) < 4.78 is 11.3. The molecule has 0 aromatic rings. The molecule has 1 atom stereocenters. The molecular weight excluding hydrogens is 99.0 g/mol. The molecule has 7 heavy (non-hydrogen) atoms. The standard InChI is InChI=1S/C4H9FO2/c5-4(7)2-1-3-6/h4,6-7H,1-3H2. The van der Waals surface area contributed by atoms with Crippen molar-refractivity contribution in [3.63, 3.8) is 0 Å². The van der Waals surface area contributed by atoms with Crippen LogP contribution in [0, 0.1) is 0 Å². The molecule has 0 fully saturated rings. The first kappa shape index (κ1) is 6.85. The zero-order valence-corrected chi connectivity index (χ0v) is 3.97. The van der Waals surface area contributed by atoms with Crippen molar-refractivity contribution < 1.29 is 14.6 Å². The Morgan fingerprint density at radius 2 is 2.14 bits per heavy atom. The molecule has 2 nitrogen and oxygen atoms in total. The van der Waals surface area contributed by atoms with E-state index < -0.39 is 6.36 Å². The Morgan fingerprint density at radius 3 is 2.29 bits per heavy atom. The third kappa shape index (κ3) is 5.85. The molecule has 2 N–H and O–H groups in total. The number of halogens is 1. The van der Waals surface area contributed by atoms with E-state index in [2.05, 4.69) is 0 Å². The molecule has 0 aliphatic rings. The van der Waals surface area contributed by atoms with Crippen molar-refractivity contribution in [1.82, 2.24) is 0 Å². The molecule has 0 aromatic heterocycles. The molecule has 0 aliphatic heterocycles. The number of hydrogen-bond acceptors (Lipinski definition) is 2. The van der Waals surface area contributed by atoms with Crippen molar-refractivity contribution in [2.75, 3.05) is 6.61 Å². The van der Waals surface area contributed by atoms with Gasteiger partial charge in [-0.15, -0.1) is 0 Å². The van der Waals surface area contributed by atoms with E-state index in [9.17, 15) is 4.39 Å². The second-order valence-electron chi connectivity index (χ2n) is 1.30. The molecular formula is C4H9FO2. The third-order valence-corrected chi connectivity index (χ3v) is 0.600. The van der Waals surface area contributed by atoms with Crippen molar-refractivity contribution in [3.8, 4) is 0 Å². The number of hydrogen-bond donors (Lipinski definition) is 2. The Bertz CT molecular complexity index is 38.7. The van der Waals surface area contributed by atoms with Crippen LogP contribution in [0.1, 0.15) is 12.8 Å². The second kappa shape index (κ2) is 4.02. The normalized spacial score (nSPS) is 14.1. The SMILES string of the molecule is OCCCC(O)F. The Balaban J connectivity index is 2.68. The predicted molar refractivity (Wildman–Crippen MR) is 23.4 cm³/mol. The van der Waals surface area contributed by atoms with Gasteiger partial charge in [0.15, 0.2) is 6.36 Å².